The van der Waals surface area contributed by atoms with E-state index in [1.54, 1.807) is 11.8 Å². The van der Waals surface area contributed by atoms with Crippen LogP contribution in [-0.2, 0) is 11.2 Å². The van der Waals surface area contributed by atoms with Gasteiger partial charge < -0.3 is 11.1 Å². The Labute approximate surface area is 118 Å². The summed E-state index contributed by atoms with van der Waals surface area (Å²) in [5, 5.41) is 3.09. The van der Waals surface area contributed by atoms with E-state index in [1.165, 1.54) is 11.1 Å². The monoisotopic (exact) mass is 286 g/mol. The van der Waals surface area contributed by atoms with Crippen LogP contribution in [0.3, 0.4) is 0 Å². The molecule has 0 fully saturated rings. The third-order valence-electron chi connectivity index (χ3n) is 3.09. The molecule has 1 unspecified atom stereocenters. The summed E-state index contributed by atoms with van der Waals surface area (Å²) in [6, 6.07) is 6.16. The van der Waals surface area contributed by atoms with Gasteiger partial charge in [0.2, 0.25) is 5.91 Å². The minimum Gasteiger partial charge on any atom is -0.399 e. The van der Waals surface area contributed by atoms with Crippen LogP contribution in [0.25, 0.3) is 0 Å². The van der Waals surface area contributed by atoms with Crippen molar-refractivity contribution in [2.75, 3.05) is 17.7 Å². The van der Waals surface area contributed by atoms with Crippen molar-refractivity contribution in [1.29, 1.82) is 0 Å². The Morgan fingerprint density at radius 3 is 3.06 bits per heavy atom. The van der Waals surface area contributed by atoms with E-state index in [0.29, 0.717) is 5.75 Å². The third kappa shape index (κ3) is 3.56. The summed E-state index contributed by atoms with van der Waals surface area (Å²) >= 11 is 1.55. The van der Waals surface area contributed by atoms with Crippen molar-refractivity contribution in [3.63, 3.8) is 0 Å². The molecule has 1 aliphatic carbocycles. The first kappa shape index (κ1) is 15.2. The summed E-state index contributed by atoms with van der Waals surface area (Å²) in [6.07, 6.45) is 5.14. The van der Waals surface area contributed by atoms with Gasteiger partial charge in [0.25, 0.3) is 0 Å². The molecule has 1 amide bonds. The number of benzene rings is 1. The first-order valence-corrected chi connectivity index (χ1v) is 7.26. The quantitative estimate of drug-likeness (QED) is 0.840. The lowest BCUT2D eigenvalue weighted by atomic mass is 9.87. The van der Waals surface area contributed by atoms with E-state index in [0.717, 1.165) is 24.9 Å². The number of nitrogens with one attached hydrogen (secondary N) is 1. The molecule has 1 aromatic carbocycles. The van der Waals surface area contributed by atoms with Crippen molar-refractivity contribution in [2.45, 2.75) is 25.3 Å². The van der Waals surface area contributed by atoms with Gasteiger partial charge in [-0.1, -0.05) is 6.07 Å². The first-order valence-electron chi connectivity index (χ1n) is 5.87. The number of anilines is 1. The van der Waals surface area contributed by atoms with Crippen molar-refractivity contribution in [2.24, 2.45) is 0 Å². The number of carbonyl (C=O) groups excluding carboxylic acids is 1. The Morgan fingerprint density at radius 1 is 1.56 bits per heavy atom. The van der Waals surface area contributed by atoms with E-state index in [1.807, 2.05) is 24.5 Å². The van der Waals surface area contributed by atoms with Crippen LogP contribution in [0.1, 0.15) is 30.0 Å². The molecule has 18 heavy (non-hydrogen) atoms. The van der Waals surface area contributed by atoms with Crippen LogP contribution < -0.4 is 11.1 Å². The van der Waals surface area contributed by atoms with Gasteiger partial charge in [-0.25, -0.2) is 0 Å². The van der Waals surface area contributed by atoms with Gasteiger partial charge in [0.05, 0.1) is 11.8 Å². The van der Waals surface area contributed by atoms with Crippen LogP contribution in [0, 0.1) is 0 Å². The molecule has 1 atom stereocenters. The summed E-state index contributed by atoms with van der Waals surface area (Å²) in [5.74, 6) is 0.646. The number of halogens is 1. The molecule has 0 bridgehead atoms. The molecule has 100 valence electrons. The number of rotatable bonds is 3. The predicted molar refractivity (Wildman–Crippen MR) is 80.3 cm³/mol. The highest BCUT2D eigenvalue weighted by Gasteiger charge is 2.21. The molecule has 3 nitrogen and oxygen atoms in total. The Kier molecular flexibility index (Phi) is 5.82. The fourth-order valence-electron chi connectivity index (χ4n) is 2.35. The lowest BCUT2D eigenvalue weighted by Gasteiger charge is -2.26. The molecule has 0 saturated heterocycles. The summed E-state index contributed by atoms with van der Waals surface area (Å²) < 4.78 is 0. The maximum atomic E-state index is 11.6. The minimum absolute atomic E-state index is 0. The summed E-state index contributed by atoms with van der Waals surface area (Å²) in [5.41, 5.74) is 9.11. The van der Waals surface area contributed by atoms with Gasteiger partial charge in [0.15, 0.2) is 0 Å². The van der Waals surface area contributed by atoms with Crippen molar-refractivity contribution < 1.29 is 4.79 Å². The average Bonchev–Trinajstić information content (AvgIpc) is 2.29. The third-order valence-corrected chi connectivity index (χ3v) is 3.64. The molecule has 1 aliphatic rings. The highest BCUT2D eigenvalue weighted by molar-refractivity contribution is 7.99. The largest absolute Gasteiger partial charge is 0.399 e. The average molecular weight is 287 g/mol. The lowest BCUT2D eigenvalue weighted by Crippen LogP contribution is -2.32. The molecule has 0 aromatic heterocycles. The van der Waals surface area contributed by atoms with Gasteiger partial charge in [-0.15, -0.1) is 12.4 Å². The van der Waals surface area contributed by atoms with Crippen LogP contribution in [0.4, 0.5) is 5.69 Å². The molecule has 0 saturated carbocycles. The Morgan fingerprint density at radius 2 is 2.33 bits per heavy atom. The topological polar surface area (TPSA) is 55.1 Å². The first-order chi connectivity index (χ1) is 8.20. The standard InChI is InChI=1S/C13H18N2OS.ClH/c1-17-8-13(16)15-12-4-2-3-9-7-10(14)5-6-11(9)12;/h5-7,12H,2-4,8,14H2,1H3,(H,15,16);1H. The Bertz CT molecular complexity index is 425. The van der Waals surface area contributed by atoms with E-state index in [2.05, 4.69) is 5.32 Å². The molecule has 1 aromatic rings. The van der Waals surface area contributed by atoms with E-state index < -0.39 is 0 Å². The molecule has 5 heteroatoms. The highest BCUT2D eigenvalue weighted by atomic mass is 35.5. The summed E-state index contributed by atoms with van der Waals surface area (Å²) in [4.78, 5) is 11.6. The molecule has 0 aliphatic heterocycles. The number of amides is 1. The second-order valence-corrected chi connectivity index (χ2v) is 5.27. The smallest absolute Gasteiger partial charge is 0.230 e. The number of hydrogen-bond donors (Lipinski definition) is 2. The number of thioether (sulfide) groups is 1. The van der Waals surface area contributed by atoms with Gasteiger partial charge >= 0.3 is 0 Å². The molecular weight excluding hydrogens is 268 g/mol. The van der Waals surface area contributed by atoms with Gasteiger partial charge in [0, 0.05) is 5.69 Å². The SMILES string of the molecule is CSCC(=O)NC1CCCc2cc(N)ccc21.Cl. The molecular formula is C13H19ClN2OS. The van der Waals surface area contributed by atoms with E-state index >= 15 is 0 Å². The normalized spacial score (nSPS) is 17.5. The van der Waals surface area contributed by atoms with Gasteiger partial charge in [-0.05, 0) is 48.8 Å². The maximum Gasteiger partial charge on any atom is 0.230 e. The van der Waals surface area contributed by atoms with Crippen LogP contribution >= 0.6 is 24.2 Å². The predicted octanol–water partition coefficient (Wildman–Crippen LogP) is 2.55. The number of nitrogens with two attached hydrogens (primary N) is 1. The number of fused-ring (bicyclic) bond motifs is 1. The van der Waals surface area contributed by atoms with Crippen LogP contribution in [-0.4, -0.2) is 17.9 Å². The second-order valence-electron chi connectivity index (χ2n) is 4.40. The minimum atomic E-state index is 0. The fourth-order valence-corrected chi connectivity index (χ4v) is 2.70. The Balaban J connectivity index is 0.00000162. The van der Waals surface area contributed by atoms with Crippen molar-refractivity contribution >= 4 is 35.8 Å². The van der Waals surface area contributed by atoms with Gasteiger partial charge in [-0.2, -0.15) is 11.8 Å². The molecule has 2 rings (SSSR count). The van der Waals surface area contributed by atoms with Gasteiger partial charge in [-0.3, -0.25) is 4.79 Å². The highest BCUT2D eigenvalue weighted by Crippen LogP contribution is 2.30. The zero-order valence-electron chi connectivity index (χ0n) is 10.4. The number of carbonyl (C=O) groups is 1. The summed E-state index contributed by atoms with van der Waals surface area (Å²) in [6.45, 7) is 0. The molecule has 0 spiro atoms. The van der Waals surface area contributed by atoms with E-state index in [-0.39, 0.29) is 24.4 Å². The lowest BCUT2D eigenvalue weighted by molar-refractivity contribution is -0.119. The Hall–Kier alpha value is -0.870. The molecule has 0 heterocycles. The van der Waals surface area contributed by atoms with Gasteiger partial charge in [0.1, 0.15) is 0 Å². The second kappa shape index (κ2) is 6.90. The van der Waals surface area contributed by atoms with Crippen molar-refractivity contribution in [3.8, 4) is 0 Å². The van der Waals surface area contributed by atoms with Crippen LogP contribution in [0.2, 0.25) is 0 Å². The maximum absolute atomic E-state index is 11.6. The van der Waals surface area contributed by atoms with Crippen LogP contribution in [0.5, 0.6) is 0 Å². The van der Waals surface area contributed by atoms with E-state index in [9.17, 15) is 4.79 Å². The number of nitrogen functional groups attached to an aromatic ring is 1. The van der Waals surface area contributed by atoms with Crippen molar-refractivity contribution in [1.82, 2.24) is 5.32 Å². The molecule has 0 radical (unpaired) electrons. The van der Waals surface area contributed by atoms with E-state index in [4.69, 9.17) is 5.73 Å². The number of aryl methyl sites for hydroxylation is 1. The molecule has 3 N–H and O–H groups in total. The van der Waals surface area contributed by atoms with Crippen LogP contribution in [0.15, 0.2) is 18.2 Å². The van der Waals surface area contributed by atoms with Crippen molar-refractivity contribution in [3.05, 3.63) is 29.3 Å². The number of hydrogen-bond acceptors (Lipinski definition) is 3. The zero-order chi connectivity index (χ0) is 12.3. The fraction of sp³-hybridized carbons (Fsp3) is 0.462. The zero-order valence-corrected chi connectivity index (χ0v) is 12.1. The summed E-state index contributed by atoms with van der Waals surface area (Å²) in [7, 11) is 0.